The van der Waals surface area contributed by atoms with Crippen LogP contribution >= 0.6 is 24.0 Å². The minimum absolute atomic E-state index is 0. The van der Waals surface area contributed by atoms with E-state index in [9.17, 15) is 4.79 Å². The minimum atomic E-state index is 0. The maximum atomic E-state index is 11.9. The molecule has 2 rings (SSSR count). The maximum Gasteiger partial charge on any atom is 0.253 e. The first kappa shape index (κ1) is 21.7. The Hall–Kier alpha value is -1.35. The molecule has 1 aliphatic heterocycles. The van der Waals surface area contributed by atoms with Crippen LogP contribution in [-0.4, -0.2) is 69.6 Å². The maximum absolute atomic E-state index is 11.9. The monoisotopic (exact) mass is 460 g/mol. The summed E-state index contributed by atoms with van der Waals surface area (Å²) in [5.74, 6) is 1.46. The summed E-state index contributed by atoms with van der Waals surface area (Å²) in [5.41, 5.74) is 1.82. The number of carbonyl (C=O) groups excluding carboxylic acids is 1. The molecular weight excluding hydrogens is 431 g/mol. The van der Waals surface area contributed by atoms with Gasteiger partial charge >= 0.3 is 0 Å². The standard InChI is InChI=1S/C18H28N4O2.HI/c1-19-18(22(4)12-15-9-10-24-13-15)20-11-14-5-7-16(8-6-14)17(23)21(2)3;/h5-8,15H,9-13H2,1-4H3,(H,19,20);1H. The number of nitrogens with one attached hydrogen (secondary N) is 1. The van der Waals surface area contributed by atoms with Crippen LogP contribution in [0.25, 0.3) is 0 Å². The molecule has 1 amide bonds. The van der Waals surface area contributed by atoms with Crippen LogP contribution in [0.15, 0.2) is 29.3 Å². The van der Waals surface area contributed by atoms with E-state index in [1.54, 1.807) is 26.0 Å². The van der Waals surface area contributed by atoms with Crippen LogP contribution in [0.2, 0.25) is 0 Å². The molecule has 1 heterocycles. The van der Waals surface area contributed by atoms with E-state index in [0.717, 1.165) is 37.7 Å². The summed E-state index contributed by atoms with van der Waals surface area (Å²) in [4.78, 5) is 20.0. The molecule has 1 N–H and O–H groups in total. The van der Waals surface area contributed by atoms with Crippen LogP contribution in [0.5, 0.6) is 0 Å². The molecule has 1 saturated heterocycles. The Labute approximate surface area is 167 Å². The van der Waals surface area contributed by atoms with Crippen molar-refractivity contribution in [2.45, 2.75) is 13.0 Å². The first-order chi connectivity index (χ1) is 11.5. The second-order valence-corrected chi connectivity index (χ2v) is 6.41. The number of carbonyl (C=O) groups is 1. The van der Waals surface area contributed by atoms with Crippen molar-refractivity contribution in [3.8, 4) is 0 Å². The molecule has 1 fully saturated rings. The molecular formula is C18H29IN4O2. The van der Waals surface area contributed by atoms with Gasteiger partial charge in [-0.1, -0.05) is 12.1 Å². The van der Waals surface area contributed by atoms with Gasteiger partial charge in [0.15, 0.2) is 5.96 Å². The Bertz CT molecular complexity index is 569. The molecule has 0 aromatic heterocycles. The second kappa shape index (κ2) is 10.6. The van der Waals surface area contributed by atoms with Gasteiger partial charge in [0.05, 0.1) is 6.61 Å². The second-order valence-electron chi connectivity index (χ2n) is 6.41. The third-order valence-corrected chi connectivity index (χ3v) is 4.19. The summed E-state index contributed by atoms with van der Waals surface area (Å²) in [7, 11) is 7.36. The number of nitrogens with zero attached hydrogens (tertiary/aromatic N) is 3. The number of aliphatic imine (C=N–C) groups is 1. The molecule has 1 unspecified atom stereocenters. The third kappa shape index (κ3) is 6.47. The molecule has 0 radical (unpaired) electrons. The zero-order chi connectivity index (χ0) is 17.5. The van der Waals surface area contributed by atoms with Crippen molar-refractivity contribution in [3.63, 3.8) is 0 Å². The molecule has 0 aliphatic carbocycles. The number of amides is 1. The lowest BCUT2D eigenvalue weighted by Gasteiger charge is -2.24. The van der Waals surface area contributed by atoms with Gasteiger partial charge in [0.1, 0.15) is 0 Å². The quantitative estimate of drug-likeness (QED) is 0.415. The summed E-state index contributed by atoms with van der Waals surface area (Å²) in [6.45, 7) is 3.32. The molecule has 0 saturated carbocycles. The van der Waals surface area contributed by atoms with Crippen LogP contribution in [0, 0.1) is 5.92 Å². The minimum Gasteiger partial charge on any atom is -0.381 e. The fourth-order valence-electron chi connectivity index (χ4n) is 2.79. The number of guanidine groups is 1. The van der Waals surface area contributed by atoms with E-state index in [-0.39, 0.29) is 29.9 Å². The smallest absolute Gasteiger partial charge is 0.253 e. The summed E-state index contributed by atoms with van der Waals surface area (Å²) in [6, 6.07) is 7.67. The number of hydrogen-bond donors (Lipinski definition) is 1. The molecule has 1 atom stereocenters. The third-order valence-electron chi connectivity index (χ3n) is 4.19. The summed E-state index contributed by atoms with van der Waals surface area (Å²) in [6.07, 6.45) is 1.11. The molecule has 25 heavy (non-hydrogen) atoms. The van der Waals surface area contributed by atoms with Gasteiger partial charge in [-0.05, 0) is 24.1 Å². The lowest BCUT2D eigenvalue weighted by Crippen LogP contribution is -2.41. The van der Waals surface area contributed by atoms with Crippen molar-refractivity contribution in [2.24, 2.45) is 10.9 Å². The Morgan fingerprint density at radius 3 is 2.48 bits per heavy atom. The summed E-state index contributed by atoms with van der Waals surface area (Å²) < 4.78 is 5.43. The Kier molecular flexibility index (Phi) is 9.20. The highest BCUT2D eigenvalue weighted by molar-refractivity contribution is 14.0. The van der Waals surface area contributed by atoms with Crippen LogP contribution in [0.3, 0.4) is 0 Å². The lowest BCUT2D eigenvalue weighted by molar-refractivity contribution is 0.0827. The molecule has 140 valence electrons. The van der Waals surface area contributed by atoms with E-state index in [2.05, 4.69) is 15.2 Å². The van der Waals surface area contributed by atoms with Crippen molar-refractivity contribution in [3.05, 3.63) is 35.4 Å². The first-order valence-electron chi connectivity index (χ1n) is 8.31. The van der Waals surface area contributed by atoms with Crippen LogP contribution in [0.4, 0.5) is 0 Å². The van der Waals surface area contributed by atoms with Gasteiger partial charge in [0.25, 0.3) is 5.91 Å². The van der Waals surface area contributed by atoms with E-state index < -0.39 is 0 Å². The molecule has 1 aromatic carbocycles. The summed E-state index contributed by atoms with van der Waals surface area (Å²) >= 11 is 0. The van der Waals surface area contributed by atoms with E-state index in [1.807, 2.05) is 31.3 Å². The van der Waals surface area contributed by atoms with Gasteiger partial charge in [-0.2, -0.15) is 0 Å². The Morgan fingerprint density at radius 1 is 1.28 bits per heavy atom. The predicted octanol–water partition coefficient (Wildman–Crippen LogP) is 2.05. The van der Waals surface area contributed by atoms with Crippen molar-refractivity contribution in [1.29, 1.82) is 0 Å². The highest BCUT2D eigenvalue weighted by Gasteiger charge is 2.19. The van der Waals surface area contributed by atoms with Crippen molar-refractivity contribution in [2.75, 3.05) is 47.9 Å². The molecule has 1 aliphatic rings. The van der Waals surface area contributed by atoms with Gasteiger partial charge in [-0.3, -0.25) is 9.79 Å². The molecule has 6 nitrogen and oxygen atoms in total. The number of benzene rings is 1. The summed E-state index contributed by atoms with van der Waals surface area (Å²) in [5, 5.41) is 3.37. The van der Waals surface area contributed by atoms with E-state index in [4.69, 9.17) is 4.74 Å². The Morgan fingerprint density at radius 2 is 1.96 bits per heavy atom. The van der Waals surface area contributed by atoms with Crippen molar-refractivity contribution in [1.82, 2.24) is 15.1 Å². The normalized spacial score (nSPS) is 17.0. The highest BCUT2D eigenvalue weighted by atomic mass is 127. The number of rotatable bonds is 5. The van der Waals surface area contributed by atoms with E-state index in [1.165, 1.54) is 0 Å². The zero-order valence-electron chi connectivity index (χ0n) is 15.5. The van der Waals surface area contributed by atoms with E-state index in [0.29, 0.717) is 18.0 Å². The van der Waals surface area contributed by atoms with Crippen LogP contribution in [0.1, 0.15) is 22.3 Å². The number of halogens is 1. The largest absolute Gasteiger partial charge is 0.381 e. The van der Waals surface area contributed by atoms with Gasteiger partial charge < -0.3 is 19.9 Å². The van der Waals surface area contributed by atoms with Crippen LogP contribution < -0.4 is 5.32 Å². The van der Waals surface area contributed by atoms with Gasteiger partial charge in [-0.25, -0.2) is 0 Å². The van der Waals surface area contributed by atoms with Gasteiger partial charge in [0.2, 0.25) is 0 Å². The fourth-order valence-corrected chi connectivity index (χ4v) is 2.79. The lowest BCUT2D eigenvalue weighted by atomic mass is 10.1. The highest BCUT2D eigenvalue weighted by Crippen LogP contribution is 2.13. The number of ether oxygens (including phenoxy) is 1. The first-order valence-corrected chi connectivity index (χ1v) is 8.31. The molecule has 7 heteroatoms. The zero-order valence-corrected chi connectivity index (χ0v) is 17.8. The number of hydrogen-bond acceptors (Lipinski definition) is 3. The van der Waals surface area contributed by atoms with Crippen molar-refractivity contribution >= 4 is 35.8 Å². The Balaban J connectivity index is 0.00000312. The molecule has 1 aromatic rings. The fraction of sp³-hybridized carbons (Fsp3) is 0.556. The van der Waals surface area contributed by atoms with Crippen LogP contribution in [-0.2, 0) is 11.3 Å². The average molecular weight is 460 g/mol. The predicted molar refractivity (Wildman–Crippen MR) is 112 cm³/mol. The topological polar surface area (TPSA) is 57.2 Å². The van der Waals surface area contributed by atoms with Crippen molar-refractivity contribution < 1.29 is 9.53 Å². The van der Waals surface area contributed by atoms with E-state index >= 15 is 0 Å². The molecule has 0 bridgehead atoms. The van der Waals surface area contributed by atoms with Gasteiger partial charge in [-0.15, -0.1) is 24.0 Å². The van der Waals surface area contributed by atoms with Gasteiger partial charge in [0, 0.05) is 59.4 Å². The average Bonchev–Trinajstić information content (AvgIpc) is 3.08. The SMILES string of the molecule is CN=C(NCc1ccc(C(=O)N(C)C)cc1)N(C)CC1CCOC1.I. The molecule has 0 spiro atoms.